The molecule has 0 saturated carbocycles. The number of halogens is 1. The standard InChI is InChI=1S/C29H34BrN3O10P2/c1-3-42-44(38,39)19-32(17-28(34)35)15-23-13-21(9-10-22-11-12-27(30)26-8-6-5-7-25(22)26)14-24(31-23)16-33(18-29(36)37)20-45(40,41)43-4-2/h5-8,11-14H,3-4,15-20H2,1-2H3,(H,34,35)(H,36,37)(H,38,39)(H,40,41). The summed E-state index contributed by atoms with van der Waals surface area (Å²) in [5.74, 6) is 3.74. The van der Waals surface area contributed by atoms with E-state index < -0.39 is 52.8 Å². The van der Waals surface area contributed by atoms with Crippen LogP contribution in [0.1, 0.15) is 36.4 Å². The molecule has 16 heteroatoms. The van der Waals surface area contributed by atoms with Crippen LogP contribution < -0.4 is 0 Å². The summed E-state index contributed by atoms with van der Waals surface area (Å²) in [6.07, 6.45) is -1.17. The maximum Gasteiger partial charge on any atom is 0.342 e. The van der Waals surface area contributed by atoms with Crippen molar-refractivity contribution < 1.29 is 47.8 Å². The largest absolute Gasteiger partial charge is 0.480 e. The first-order valence-electron chi connectivity index (χ1n) is 13.7. The number of hydrogen-bond donors (Lipinski definition) is 4. The van der Waals surface area contributed by atoms with Gasteiger partial charge in [0.15, 0.2) is 0 Å². The Morgan fingerprint density at radius 3 is 1.78 bits per heavy atom. The second kappa shape index (κ2) is 16.6. The molecule has 0 aliphatic rings. The molecule has 0 fully saturated rings. The average Bonchev–Trinajstić information content (AvgIpc) is 2.91. The average molecular weight is 726 g/mol. The number of benzene rings is 2. The zero-order valence-corrected chi connectivity index (χ0v) is 28.0. The van der Waals surface area contributed by atoms with Crippen LogP contribution in [0, 0.1) is 11.8 Å². The Morgan fingerprint density at radius 1 is 0.822 bits per heavy atom. The van der Waals surface area contributed by atoms with Crippen molar-refractivity contribution in [1.29, 1.82) is 0 Å². The minimum Gasteiger partial charge on any atom is -0.480 e. The van der Waals surface area contributed by atoms with Crippen molar-refractivity contribution >= 4 is 53.8 Å². The first kappa shape index (κ1) is 36.5. The fraction of sp³-hybridized carbons (Fsp3) is 0.345. The second-order valence-electron chi connectivity index (χ2n) is 9.88. The molecular weight excluding hydrogens is 692 g/mol. The third kappa shape index (κ3) is 12.1. The molecule has 0 bridgehead atoms. The van der Waals surface area contributed by atoms with Gasteiger partial charge in [0.2, 0.25) is 0 Å². The lowest BCUT2D eigenvalue weighted by molar-refractivity contribution is -0.139. The number of carboxylic acid groups (broad SMARTS) is 2. The van der Waals surface area contributed by atoms with Gasteiger partial charge in [-0.3, -0.25) is 33.5 Å². The predicted molar refractivity (Wildman–Crippen MR) is 171 cm³/mol. The van der Waals surface area contributed by atoms with E-state index in [1.807, 2.05) is 36.4 Å². The number of rotatable bonds is 16. The molecule has 3 rings (SSSR count). The molecular formula is C29H34BrN3O10P2. The van der Waals surface area contributed by atoms with E-state index >= 15 is 0 Å². The minimum atomic E-state index is -4.16. The van der Waals surface area contributed by atoms with Gasteiger partial charge >= 0.3 is 27.1 Å². The number of hydrogen-bond acceptors (Lipinski definition) is 9. The van der Waals surface area contributed by atoms with Crippen molar-refractivity contribution in [3.05, 3.63) is 75.5 Å². The molecule has 1 aromatic heterocycles. The number of pyridine rings is 1. The van der Waals surface area contributed by atoms with Crippen LogP contribution in [0.15, 0.2) is 53.0 Å². The summed E-state index contributed by atoms with van der Waals surface area (Å²) >= 11 is 3.54. The summed E-state index contributed by atoms with van der Waals surface area (Å²) in [6.45, 7) is 1.40. The Kier molecular flexibility index (Phi) is 13.4. The van der Waals surface area contributed by atoms with Gasteiger partial charge in [-0.15, -0.1) is 0 Å². The van der Waals surface area contributed by atoms with Gasteiger partial charge < -0.3 is 29.0 Å². The van der Waals surface area contributed by atoms with Gasteiger partial charge in [-0.25, -0.2) is 0 Å². The summed E-state index contributed by atoms with van der Waals surface area (Å²) in [5.41, 5.74) is 1.69. The third-order valence-corrected chi connectivity index (χ3v) is 9.58. The van der Waals surface area contributed by atoms with Gasteiger partial charge in [0.1, 0.15) is 12.6 Å². The lowest BCUT2D eigenvalue weighted by Crippen LogP contribution is -2.32. The molecule has 0 amide bonds. The third-order valence-electron chi connectivity index (χ3n) is 6.05. The number of carbonyl (C=O) groups is 2. The Bertz CT molecular complexity index is 1630. The fourth-order valence-electron chi connectivity index (χ4n) is 4.54. The van der Waals surface area contributed by atoms with Crippen molar-refractivity contribution in [2.24, 2.45) is 0 Å². The van der Waals surface area contributed by atoms with Crippen LogP contribution in [0.3, 0.4) is 0 Å². The number of carboxylic acids is 2. The van der Waals surface area contributed by atoms with Gasteiger partial charge in [-0.1, -0.05) is 52.0 Å². The van der Waals surface area contributed by atoms with Crippen molar-refractivity contribution in [2.75, 3.05) is 38.9 Å². The topological polar surface area (TPSA) is 187 Å². The van der Waals surface area contributed by atoms with E-state index in [4.69, 9.17) is 9.05 Å². The number of fused-ring (bicyclic) bond motifs is 1. The Labute approximate surface area is 269 Å². The van der Waals surface area contributed by atoms with Crippen LogP contribution in [0.25, 0.3) is 10.8 Å². The van der Waals surface area contributed by atoms with Crippen molar-refractivity contribution in [3.63, 3.8) is 0 Å². The SMILES string of the molecule is CCOP(=O)(O)CN(CC(=O)O)Cc1cc(C#Cc2ccc(Br)c3ccccc23)cc(CN(CC(=O)O)CP(=O)(O)OCC)n1. The maximum atomic E-state index is 12.5. The van der Waals surface area contributed by atoms with Gasteiger partial charge in [-0.05, 0) is 48.9 Å². The van der Waals surface area contributed by atoms with E-state index in [0.717, 1.165) is 20.8 Å². The predicted octanol–water partition coefficient (Wildman–Crippen LogP) is 4.53. The van der Waals surface area contributed by atoms with Gasteiger partial charge in [0.05, 0.1) is 37.7 Å². The summed E-state index contributed by atoms with van der Waals surface area (Å²) < 4.78 is 35.7. The van der Waals surface area contributed by atoms with Crippen LogP contribution in [0.5, 0.6) is 0 Å². The van der Waals surface area contributed by atoms with E-state index in [0.29, 0.717) is 5.56 Å². The molecule has 0 saturated heterocycles. The van der Waals surface area contributed by atoms with E-state index in [1.165, 1.54) is 23.6 Å². The van der Waals surface area contributed by atoms with E-state index in [2.05, 4.69) is 32.8 Å². The monoisotopic (exact) mass is 725 g/mol. The highest BCUT2D eigenvalue weighted by Crippen LogP contribution is 2.43. The Balaban J connectivity index is 2.07. The van der Waals surface area contributed by atoms with Crippen LogP contribution in [-0.4, -0.2) is 85.6 Å². The van der Waals surface area contributed by atoms with Gasteiger partial charge in [0, 0.05) is 28.7 Å². The highest BCUT2D eigenvalue weighted by Gasteiger charge is 2.27. The number of aromatic nitrogens is 1. The Hall–Kier alpha value is -2.95. The lowest BCUT2D eigenvalue weighted by Gasteiger charge is -2.24. The smallest absolute Gasteiger partial charge is 0.342 e. The summed E-state index contributed by atoms with van der Waals surface area (Å²) in [5, 5.41) is 20.7. The van der Waals surface area contributed by atoms with E-state index in [1.54, 1.807) is 12.1 Å². The number of aliphatic carboxylic acids is 2. The molecule has 242 valence electrons. The van der Waals surface area contributed by atoms with Gasteiger partial charge in [0.25, 0.3) is 0 Å². The van der Waals surface area contributed by atoms with Crippen LogP contribution in [-0.2, 0) is 40.9 Å². The maximum absolute atomic E-state index is 12.5. The molecule has 2 unspecified atom stereocenters. The molecule has 0 aliphatic carbocycles. The van der Waals surface area contributed by atoms with Crippen molar-refractivity contribution in [3.8, 4) is 11.8 Å². The highest BCUT2D eigenvalue weighted by atomic mass is 79.9. The molecule has 2 atom stereocenters. The molecule has 13 nitrogen and oxygen atoms in total. The van der Waals surface area contributed by atoms with Crippen LogP contribution in [0.4, 0.5) is 0 Å². The normalized spacial score (nSPS) is 14.1. The van der Waals surface area contributed by atoms with E-state index in [-0.39, 0.29) is 37.7 Å². The zero-order valence-electron chi connectivity index (χ0n) is 24.6. The molecule has 0 radical (unpaired) electrons. The molecule has 1 heterocycles. The fourth-order valence-corrected chi connectivity index (χ4v) is 7.40. The second-order valence-corrected chi connectivity index (χ2v) is 14.4. The first-order chi connectivity index (χ1) is 21.2. The molecule has 45 heavy (non-hydrogen) atoms. The van der Waals surface area contributed by atoms with Crippen molar-refractivity contribution in [2.45, 2.75) is 26.9 Å². The summed E-state index contributed by atoms with van der Waals surface area (Å²) in [6, 6.07) is 14.6. The molecule has 4 N–H and O–H groups in total. The van der Waals surface area contributed by atoms with E-state index in [9.17, 15) is 38.7 Å². The Morgan fingerprint density at radius 2 is 1.31 bits per heavy atom. The molecule has 0 spiro atoms. The van der Waals surface area contributed by atoms with Gasteiger partial charge in [-0.2, -0.15) is 0 Å². The summed E-state index contributed by atoms with van der Waals surface area (Å²) in [4.78, 5) is 50.4. The molecule has 2 aromatic carbocycles. The molecule has 0 aliphatic heterocycles. The quantitative estimate of drug-likeness (QED) is 0.119. The van der Waals surface area contributed by atoms with Crippen LogP contribution in [0.2, 0.25) is 0 Å². The van der Waals surface area contributed by atoms with Crippen molar-refractivity contribution in [1.82, 2.24) is 14.8 Å². The van der Waals surface area contributed by atoms with Crippen LogP contribution >= 0.6 is 31.1 Å². The number of nitrogens with zero attached hydrogens (tertiary/aromatic N) is 3. The minimum absolute atomic E-state index is 0.0528. The highest BCUT2D eigenvalue weighted by molar-refractivity contribution is 9.10. The molecule has 3 aromatic rings. The first-order valence-corrected chi connectivity index (χ1v) is 18.0. The lowest BCUT2D eigenvalue weighted by atomic mass is 10.0. The zero-order chi connectivity index (χ0) is 33.2. The summed E-state index contributed by atoms with van der Waals surface area (Å²) in [7, 11) is -8.32.